The number of hydrogen-bond acceptors (Lipinski definition) is 3. The second kappa shape index (κ2) is 12.1. The van der Waals surface area contributed by atoms with Gasteiger partial charge in [-0.05, 0) is 69.6 Å². The fourth-order valence-corrected chi connectivity index (χ4v) is 7.97. The van der Waals surface area contributed by atoms with Crippen LogP contribution in [0.3, 0.4) is 0 Å². The lowest BCUT2D eigenvalue weighted by Gasteiger charge is -2.11. The van der Waals surface area contributed by atoms with E-state index in [1.165, 1.54) is 32.8 Å². The van der Waals surface area contributed by atoms with Crippen LogP contribution >= 0.6 is 0 Å². The molecule has 0 spiro atoms. The van der Waals surface area contributed by atoms with Crippen molar-refractivity contribution in [2.24, 2.45) is 0 Å². The zero-order chi connectivity index (χ0) is 35.6. The van der Waals surface area contributed by atoms with E-state index < -0.39 is 0 Å². The van der Waals surface area contributed by atoms with Crippen LogP contribution in [-0.2, 0) is 0 Å². The molecule has 0 bridgehead atoms. The Morgan fingerprint density at radius 2 is 0.796 bits per heavy atom. The molecule has 0 aliphatic carbocycles. The molecule has 252 valence electrons. The minimum atomic E-state index is 0.633. The smallest absolute Gasteiger partial charge is 0.164 e. The van der Waals surface area contributed by atoms with Crippen LogP contribution in [0.25, 0.3) is 100 Å². The van der Waals surface area contributed by atoms with E-state index in [2.05, 4.69) is 197 Å². The van der Waals surface area contributed by atoms with Gasteiger partial charge in [0.15, 0.2) is 17.5 Å². The fraction of sp³-hybridized carbons (Fsp3) is 0. The zero-order valence-corrected chi connectivity index (χ0v) is 29.1. The third-order valence-electron chi connectivity index (χ3n) is 10.5. The summed E-state index contributed by atoms with van der Waals surface area (Å²) in [6.07, 6.45) is 0. The van der Waals surface area contributed by atoms with Crippen molar-refractivity contribution in [3.8, 4) is 51.0 Å². The predicted octanol–water partition coefficient (Wildman–Crippen LogP) is 12.2. The molecule has 0 unspecified atom stereocenters. The van der Waals surface area contributed by atoms with Crippen molar-refractivity contribution >= 4 is 49.1 Å². The molecule has 0 radical (unpaired) electrons. The number of imidazole rings is 1. The largest absolute Gasteiger partial charge is 0.293 e. The summed E-state index contributed by atoms with van der Waals surface area (Å²) in [6, 6.07) is 66.2. The van der Waals surface area contributed by atoms with Crippen molar-refractivity contribution in [3.63, 3.8) is 0 Å². The lowest BCUT2D eigenvalue weighted by Crippen LogP contribution is -2.00. The first-order valence-electron chi connectivity index (χ1n) is 18.2. The molecule has 3 aromatic heterocycles. The predicted molar refractivity (Wildman–Crippen MR) is 222 cm³/mol. The van der Waals surface area contributed by atoms with Crippen molar-refractivity contribution in [1.82, 2.24) is 23.9 Å². The standard InChI is InChI=1S/C49H31N5/c1-2-16-40(17-3-1)53-43-20-10-11-21-44(43)54-42-19-9-8-18-41(42)45(49(53)54)34-24-26-35(27-25-34)46-50-47(38-28-22-32-12-4-6-14-36(32)30-38)52-48(51-46)39-29-23-33-13-5-7-15-37(33)31-39/h1-31H. The van der Waals surface area contributed by atoms with Gasteiger partial charge in [-0.15, -0.1) is 0 Å². The number of para-hydroxylation sites is 4. The molecular formula is C49H31N5. The first kappa shape index (κ1) is 30.3. The van der Waals surface area contributed by atoms with Crippen LogP contribution in [0.1, 0.15) is 0 Å². The molecule has 11 rings (SSSR count). The molecule has 3 heterocycles. The van der Waals surface area contributed by atoms with Crippen molar-refractivity contribution < 1.29 is 0 Å². The molecule has 54 heavy (non-hydrogen) atoms. The molecule has 0 aliphatic rings. The van der Waals surface area contributed by atoms with Crippen LogP contribution < -0.4 is 0 Å². The van der Waals surface area contributed by atoms with Gasteiger partial charge >= 0.3 is 0 Å². The minimum absolute atomic E-state index is 0.633. The molecule has 8 aromatic carbocycles. The summed E-state index contributed by atoms with van der Waals surface area (Å²) in [5, 5.41) is 5.85. The highest BCUT2D eigenvalue weighted by Crippen LogP contribution is 2.41. The molecule has 0 saturated heterocycles. The Morgan fingerprint density at radius 3 is 1.43 bits per heavy atom. The summed E-state index contributed by atoms with van der Waals surface area (Å²) < 4.78 is 4.79. The summed E-state index contributed by atoms with van der Waals surface area (Å²) in [7, 11) is 0. The van der Waals surface area contributed by atoms with Crippen molar-refractivity contribution in [1.29, 1.82) is 0 Å². The molecule has 0 aliphatic heterocycles. The number of rotatable bonds is 5. The monoisotopic (exact) mass is 689 g/mol. The van der Waals surface area contributed by atoms with Gasteiger partial charge in [0, 0.05) is 33.3 Å². The number of hydrogen-bond donors (Lipinski definition) is 0. The topological polar surface area (TPSA) is 48.0 Å². The Hall–Kier alpha value is -7.37. The Balaban J connectivity index is 1.10. The van der Waals surface area contributed by atoms with Gasteiger partial charge in [-0.1, -0.05) is 146 Å². The molecular weight excluding hydrogens is 659 g/mol. The molecule has 0 N–H and O–H groups in total. The van der Waals surface area contributed by atoms with Gasteiger partial charge in [0.2, 0.25) is 0 Å². The zero-order valence-electron chi connectivity index (χ0n) is 29.1. The van der Waals surface area contributed by atoms with Gasteiger partial charge in [0.05, 0.1) is 16.6 Å². The SMILES string of the molecule is c1ccc(-n2c3ccccc3n3c4ccccc4c(-c4ccc(-c5nc(-c6ccc7ccccc7c6)nc(-c6ccc7ccccc7c6)n5)cc4)c23)cc1. The van der Waals surface area contributed by atoms with E-state index in [0.717, 1.165) is 49.9 Å². The Morgan fingerprint density at radius 1 is 0.333 bits per heavy atom. The molecule has 0 amide bonds. The van der Waals surface area contributed by atoms with Crippen molar-refractivity contribution in [2.45, 2.75) is 0 Å². The highest BCUT2D eigenvalue weighted by atomic mass is 15.1. The Kier molecular flexibility index (Phi) is 6.79. The average Bonchev–Trinajstić information content (AvgIpc) is 3.76. The Labute approximate surface area is 311 Å². The van der Waals surface area contributed by atoms with E-state index in [9.17, 15) is 0 Å². The maximum Gasteiger partial charge on any atom is 0.164 e. The van der Waals surface area contributed by atoms with E-state index in [1.807, 2.05) is 0 Å². The third kappa shape index (κ3) is 4.83. The first-order valence-corrected chi connectivity index (χ1v) is 18.2. The van der Waals surface area contributed by atoms with Crippen molar-refractivity contribution in [2.75, 3.05) is 0 Å². The van der Waals surface area contributed by atoms with Crippen LogP contribution in [0, 0.1) is 0 Å². The lowest BCUT2D eigenvalue weighted by atomic mass is 10.0. The van der Waals surface area contributed by atoms with Crippen molar-refractivity contribution in [3.05, 3.63) is 188 Å². The van der Waals surface area contributed by atoms with Gasteiger partial charge in [-0.25, -0.2) is 15.0 Å². The molecule has 5 nitrogen and oxygen atoms in total. The van der Waals surface area contributed by atoms with Gasteiger partial charge < -0.3 is 0 Å². The number of benzene rings is 8. The second-order valence-electron chi connectivity index (χ2n) is 13.7. The summed E-state index contributed by atoms with van der Waals surface area (Å²) in [5.74, 6) is 1.92. The van der Waals surface area contributed by atoms with Crippen LogP contribution in [0.5, 0.6) is 0 Å². The third-order valence-corrected chi connectivity index (χ3v) is 10.5. The maximum atomic E-state index is 5.11. The summed E-state index contributed by atoms with van der Waals surface area (Å²) >= 11 is 0. The first-order chi connectivity index (χ1) is 26.8. The van der Waals surface area contributed by atoms with Gasteiger partial charge in [0.1, 0.15) is 5.65 Å². The summed E-state index contributed by atoms with van der Waals surface area (Å²) in [6.45, 7) is 0. The van der Waals surface area contributed by atoms with E-state index in [1.54, 1.807) is 0 Å². The van der Waals surface area contributed by atoms with E-state index >= 15 is 0 Å². The highest BCUT2D eigenvalue weighted by molar-refractivity contribution is 6.09. The summed E-state index contributed by atoms with van der Waals surface area (Å²) in [4.78, 5) is 15.3. The lowest BCUT2D eigenvalue weighted by molar-refractivity contribution is 1.08. The molecule has 0 saturated carbocycles. The van der Waals surface area contributed by atoms with Crippen LogP contribution in [0.2, 0.25) is 0 Å². The van der Waals surface area contributed by atoms with Gasteiger partial charge in [0.25, 0.3) is 0 Å². The average molecular weight is 690 g/mol. The van der Waals surface area contributed by atoms with Crippen LogP contribution in [0.15, 0.2) is 188 Å². The normalized spacial score (nSPS) is 11.7. The number of aromatic nitrogens is 5. The van der Waals surface area contributed by atoms with Crippen LogP contribution in [0.4, 0.5) is 0 Å². The highest BCUT2D eigenvalue weighted by Gasteiger charge is 2.22. The molecule has 0 atom stereocenters. The van der Waals surface area contributed by atoms with E-state index in [-0.39, 0.29) is 0 Å². The number of nitrogens with zero attached hydrogens (tertiary/aromatic N) is 5. The summed E-state index contributed by atoms with van der Waals surface area (Å²) in [5.41, 5.74) is 10.9. The van der Waals surface area contributed by atoms with E-state index in [0.29, 0.717) is 17.5 Å². The maximum absolute atomic E-state index is 5.11. The molecule has 11 aromatic rings. The Bertz CT molecular complexity index is 3110. The van der Waals surface area contributed by atoms with E-state index in [4.69, 9.17) is 15.0 Å². The van der Waals surface area contributed by atoms with Gasteiger partial charge in [-0.3, -0.25) is 8.97 Å². The molecule has 0 fully saturated rings. The van der Waals surface area contributed by atoms with Gasteiger partial charge in [-0.2, -0.15) is 0 Å². The second-order valence-corrected chi connectivity index (χ2v) is 13.7. The molecule has 5 heteroatoms. The quantitative estimate of drug-likeness (QED) is 0.181. The minimum Gasteiger partial charge on any atom is -0.293 e. The van der Waals surface area contributed by atoms with Crippen LogP contribution in [-0.4, -0.2) is 23.9 Å². The fourth-order valence-electron chi connectivity index (χ4n) is 7.97. The number of fused-ring (bicyclic) bond motifs is 7.